The average Bonchev–Trinajstić information content (AvgIpc) is 3.19. The monoisotopic (exact) mass is 319 g/mol. The van der Waals surface area contributed by atoms with Crippen LogP contribution in [0.15, 0.2) is 48.5 Å². The highest BCUT2D eigenvalue weighted by molar-refractivity contribution is 6.21. The lowest BCUT2D eigenvalue weighted by molar-refractivity contribution is 0.0633. The summed E-state index contributed by atoms with van der Waals surface area (Å²) in [5.41, 5.74) is 2.31. The molecule has 2 aromatic carbocycles. The molecule has 121 valence electrons. The smallest absolute Gasteiger partial charge is 0.261 e. The van der Waals surface area contributed by atoms with Gasteiger partial charge in [-0.25, -0.2) is 0 Å². The third-order valence-corrected chi connectivity index (χ3v) is 4.97. The fourth-order valence-electron chi connectivity index (χ4n) is 3.76. The van der Waals surface area contributed by atoms with Crippen LogP contribution in [-0.2, 0) is 0 Å². The van der Waals surface area contributed by atoms with Crippen LogP contribution < -0.4 is 0 Å². The maximum atomic E-state index is 12.4. The second-order valence-corrected chi connectivity index (χ2v) is 6.34. The fourth-order valence-corrected chi connectivity index (χ4v) is 3.76. The van der Waals surface area contributed by atoms with Gasteiger partial charge in [0.15, 0.2) is 0 Å². The molecule has 2 aromatic rings. The lowest BCUT2D eigenvalue weighted by Crippen LogP contribution is -2.38. The summed E-state index contributed by atoms with van der Waals surface area (Å²) in [5.74, 6) is -0.334. The Labute approximate surface area is 141 Å². The van der Waals surface area contributed by atoms with Crippen LogP contribution in [0.5, 0.6) is 0 Å². The van der Waals surface area contributed by atoms with E-state index in [2.05, 4.69) is 17.0 Å². The number of hydrogen-bond acceptors (Lipinski definition) is 3. The summed E-state index contributed by atoms with van der Waals surface area (Å²) >= 11 is 0. The zero-order valence-corrected chi connectivity index (χ0v) is 13.4. The number of hydrogen-bond donors (Lipinski definition) is 0. The van der Waals surface area contributed by atoms with Crippen molar-refractivity contribution in [1.82, 2.24) is 9.80 Å². The minimum Gasteiger partial charge on any atom is -0.295 e. The Morgan fingerprint density at radius 2 is 1.75 bits per heavy atom. The molecule has 0 aliphatic carbocycles. The Hall–Kier alpha value is -2.46. The number of likely N-dealkylation sites (tertiary alicyclic amines) is 1. The minimum atomic E-state index is -0.167. The molecule has 0 saturated carbocycles. The summed E-state index contributed by atoms with van der Waals surface area (Å²) in [6.07, 6.45) is 2.25. The minimum absolute atomic E-state index is 0.167. The maximum absolute atomic E-state index is 12.4. The van der Waals surface area contributed by atoms with Gasteiger partial charge in [0.25, 0.3) is 11.8 Å². The zero-order valence-electron chi connectivity index (χ0n) is 13.4. The van der Waals surface area contributed by atoms with E-state index < -0.39 is 0 Å². The van der Waals surface area contributed by atoms with Gasteiger partial charge in [-0.15, -0.1) is 0 Å². The standard InChI is InChI=1S/C20H19N2O2/c23-19-16-9-4-5-10-17(16)20(24)22(19)14-13-21-12-6-11-18(21)15-7-2-1-3-8-15/h1-2,4-5,7-10,18H,6,11-14H2. The van der Waals surface area contributed by atoms with E-state index in [1.54, 1.807) is 24.3 Å². The van der Waals surface area contributed by atoms with E-state index in [1.807, 2.05) is 18.2 Å². The second kappa shape index (κ2) is 6.21. The van der Waals surface area contributed by atoms with E-state index in [1.165, 1.54) is 10.5 Å². The predicted octanol–water partition coefficient (Wildman–Crippen LogP) is 2.92. The molecule has 2 aliphatic heterocycles. The fraction of sp³-hybridized carbons (Fsp3) is 0.300. The van der Waals surface area contributed by atoms with Gasteiger partial charge >= 0.3 is 0 Å². The van der Waals surface area contributed by atoms with Crippen molar-refractivity contribution in [2.24, 2.45) is 0 Å². The largest absolute Gasteiger partial charge is 0.295 e. The van der Waals surface area contributed by atoms with E-state index >= 15 is 0 Å². The zero-order chi connectivity index (χ0) is 16.5. The van der Waals surface area contributed by atoms with Crippen LogP contribution in [0.25, 0.3) is 0 Å². The number of nitrogens with zero attached hydrogens (tertiary/aromatic N) is 2. The SMILES string of the molecule is O=C1c2ccccc2C(=O)N1CCN1CCCC1c1c[c]ccc1. The molecule has 0 N–H and O–H groups in total. The van der Waals surface area contributed by atoms with Crippen LogP contribution in [0.4, 0.5) is 0 Å². The Bertz CT molecular complexity index is 737. The highest BCUT2D eigenvalue weighted by atomic mass is 16.2. The van der Waals surface area contributed by atoms with Gasteiger partial charge in [0, 0.05) is 19.1 Å². The molecular formula is C20H19N2O2. The van der Waals surface area contributed by atoms with E-state index in [0.29, 0.717) is 30.3 Å². The molecule has 0 bridgehead atoms. The molecule has 2 amide bonds. The Morgan fingerprint density at radius 1 is 1.00 bits per heavy atom. The second-order valence-electron chi connectivity index (χ2n) is 6.34. The average molecular weight is 319 g/mol. The number of fused-ring (bicyclic) bond motifs is 1. The van der Waals surface area contributed by atoms with Gasteiger partial charge < -0.3 is 0 Å². The topological polar surface area (TPSA) is 40.6 Å². The summed E-state index contributed by atoms with van der Waals surface area (Å²) in [6.45, 7) is 2.16. The van der Waals surface area contributed by atoms with Gasteiger partial charge in [0.1, 0.15) is 0 Å². The van der Waals surface area contributed by atoms with Gasteiger partial charge in [-0.1, -0.05) is 30.3 Å². The molecule has 0 spiro atoms. The molecule has 2 aliphatic rings. The van der Waals surface area contributed by atoms with Gasteiger partial charge in [0.2, 0.25) is 0 Å². The van der Waals surface area contributed by atoms with Crippen molar-refractivity contribution >= 4 is 11.8 Å². The van der Waals surface area contributed by atoms with Crippen molar-refractivity contribution in [3.63, 3.8) is 0 Å². The lowest BCUT2D eigenvalue weighted by Gasteiger charge is -2.26. The van der Waals surface area contributed by atoms with Crippen molar-refractivity contribution in [3.8, 4) is 0 Å². The Morgan fingerprint density at radius 3 is 2.42 bits per heavy atom. The van der Waals surface area contributed by atoms with Gasteiger partial charge in [-0.3, -0.25) is 19.4 Å². The van der Waals surface area contributed by atoms with E-state index in [-0.39, 0.29) is 11.8 Å². The molecule has 4 nitrogen and oxygen atoms in total. The number of imide groups is 1. The molecule has 1 fully saturated rings. The molecule has 1 radical (unpaired) electrons. The molecule has 24 heavy (non-hydrogen) atoms. The molecule has 2 heterocycles. The summed E-state index contributed by atoms with van der Waals surface area (Å²) in [7, 11) is 0. The Balaban J connectivity index is 1.46. The van der Waals surface area contributed by atoms with Crippen molar-refractivity contribution in [1.29, 1.82) is 0 Å². The van der Waals surface area contributed by atoms with Crippen LogP contribution in [0, 0.1) is 6.07 Å². The molecule has 1 atom stereocenters. The van der Waals surface area contributed by atoms with E-state index in [0.717, 1.165) is 19.4 Å². The third-order valence-electron chi connectivity index (χ3n) is 4.97. The maximum Gasteiger partial charge on any atom is 0.261 e. The van der Waals surface area contributed by atoms with Crippen molar-refractivity contribution in [2.75, 3.05) is 19.6 Å². The quantitative estimate of drug-likeness (QED) is 0.814. The van der Waals surface area contributed by atoms with Gasteiger partial charge in [-0.2, -0.15) is 0 Å². The summed E-state index contributed by atoms with van der Waals surface area (Å²) in [6, 6.07) is 18.6. The highest BCUT2D eigenvalue weighted by Gasteiger charge is 2.36. The van der Waals surface area contributed by atoms with Gasteiger partial charge in [0.05, 0.1) is 11.1 Å². The van der Waals surface area contributed by atoms with Crippen LogP contribution in [0.1, 0.15) is 45.2 Å². The predicted molar refractivity (Wildman–Crippen MR) is 90.6 cm³/mol. The van der Waals surface area contributed by atoms with E-state index in [9.17, 15) is 9.59 Å². The number of benzene rings is 2. The first-order chi connectivity index (χ1) is 11.8. The molecule has 0 aromatic heterocycles. The summed E-state index contributed by atoms with van der Waals surface area (Å²) < 4.78 is 0. The van der Waals surface area contributed by atoms with Crippen molar-refractivity contribution in [3.05, 3.63) is 71.3 Å². The van der Waals surface area contributed by atoms with E-state index in [4.69, 9.17) is 0 Å². The molecule has 4 heteroatoms. The highest BCUT2D eigenvalue weighted by Crippen LogP contribution is 2.31. The Kier molecular flexibility index (Phi) is 3.90. The molecule has 1 saturated heterocycles. The summed E-state index contributed by atoms with van der Waals surface area (Å²) in [5, 5.41) is 0. The number of amides is 2. The van der Waals surface area contributed by atoms with Crippen LogP contribution in [0.3, 0.4) is 0 Å². The third kappa shape index (κ3) is 2.53. The molecule has 1 unspecified atom stereocenters. The molecular weight excluding hydrogens is 300 g/mol. The lowest BCUT2D eigenvalue weighted by atomic mass is 10.0. The number of carbonyl (C=O) groups excluding carboxylic acids is 2. The first-order valence-electron chi connectivity index (χ1n) is 8.41. The van der Waals surface area contributed by atoms with Crippen molar-refractivity contribution < 1.29 is 9.59 Å². The summed E-state index contributed by atoms with van der Waals surface area (Å²) in [4.78, 5) is 28.6. The first-order valence-corrected chi connectivity index (χ1v) is 8.41. The first kappa shape index (κ1) is 15.1. The number of carbonyl (C=O) groups is 2. The molecule has 4 rings (SSSR count). The van der Waals surface area contributed by atoms with Crippen molar-refractivity contribution in [2.45, 2.75) is 18.9 Å². The normalized spacial score (nSPS) is 20.7. The number of rotatable bonds is 4. The van der Waals surface area contributed by atoms with Crippen LogP contribution >= 0.6 is 0 Å². The van der Waals surface area contributed by atoms with Gasteiger partial charge in [-0.05, 0) is 49.2 Å². The van der Waals surface area contributed by atoms with Crippen LogP contribution in [-0.4, -0.2) is 41.2 Å². The van der Waals surface area contributed by atoms with Crippen LogP contribution in [0.2, 0.25) is 0 Å².